The Bertz CT molecular complexity index is 1470. The number of amides is 1. The van der Waals surface area contributed by atoms with Crippen molar-refractivity contribution in [3.8, 4) is 17.1 Å². The van der Waals surface area contributed by atoms with Crippen molar-refractivity contribution in [2.24, 2.45) is 0 Å². The van der Waals surface area contributed by atoms with Gasteiger partial charge in [0.25, 0.3) is 0 Å². The van der Waals surface area contributed by atoms with E-state index in [1.54, 1.807) is 0 Å². The van der Waals surface area contributed by atoms with Gasteiger partial charge in [-0.05, 0) is 37.1 Å². The second kappa shape index (κ2) is 10.7. The third-order valence-corrected chi connectivity index (χ3v) is 7.24. The Labute approximate surface area is 214 Å². The van der Waals surface area contributed by atoms with E-state index in [-0.39, 0.29) is 11.2 Å². The number of carbonyl (C=O) groups excluding carboxylic acids is 1. The molecule has 0 aliphatic rings. The summed E-state index contributed by atoms with van der Waals surface area (Å²) < 4.78 is 1.89. The molecule has 6 nitrogen and oxygen atoms in total. The van der Waals surface area contributed by atoms with Gasteiger partial charge in [-0.3, -0.25) is 4.79 Å². The lowest BCUT2D eigenvalue weighted by atomic mass is 10.2. The summed E-state index contributed by atoms with van der Waals surface area (Å²) in [5.74, 6) is 0.568. The van der Waals surface area contributed by atoms with Gasteiger partial charge < -0.3 is 5.32 Å². The molecule has 3 aromatic carbocycles. The number of carbonyl (C=O) groups is 1. The Morgan fingerprint density at radius 3 is 2.17 bits per heavy atom. The minimum atomic E-state index is -0.322. The molecule has 5 rings (SSSR count). The van der Waals surface area contributed by atoms with Gasteiger partial charge in [0, 0.05) is 11.3 Å². The van der Waals surface area contributed by atoms with Gasteiger partial charge >= 0.3 is 0 Å². The number of anilines is 1. The van der Waals surface area contributed by atoms with Crippen LogP contribution in [0.3, 0.4) is 0 Å². The van der Waals surface area contributed by atoms with Gasteiger partial charge in [0.05, 0.1) is 22.0 Å². The smallest absolute Gasteiger partial charge is 0.237 e. The first-order chi connectivity index (χ1) is 17.7. The molecule has 0 saturated heterocycles. The van der Waals surface area contributed by atoms with Crippen LogP contribution in [0.15, 0.2) is 96.0 Å². The fourth-order valence-electron chi connectivity index (χ4n) is 4.05. The molecule has 0 bridgehead atoms. The Balaban J connectivity index is 1.63. The molecule has 1 amide bonds. The molecular formula is C29H27N5OS. The summed E-state index contributed by atoms with van der Waals surface area (Å²) in [5, 5.41) is 9.31. The van der Waals surface area contributed by atoms with Crippen molar-refractivity contribution in [1.29, 1.82) is 0 Å². The molecule has 0 fully saturated rings. The van der Waals surface area contributed by atoms with Crippen LogP contribution in [-0.2, 0) is 11.2 Å². The van der Waals surface area contributed by atoms with Crippen LogP contribution < -0.4 is 5.32 Å². The highest BCUT2D eigenvalue weighted by Crippen LogP contribution is 2.35. The molecule has 180 valence electrons. The number of hydrogen-bond donors (Lipinski definition) is 1. The quantitative estimate of drug-likeness (QED) is 0.196. The van der Waals surface area contributed by atoms with E-state index >= 15 is 0 Å². The molecule has 0 radical (unpaired) electrons. The number of benzene rings is 3. The first kappa shape index (κ1) is 23.8. The highest BCUT2D eigenvalue weighted by atomic mass is 32.2. The highest BCUT2D eigenvalue weighted by molar-refractivity contribution is 8.00. The molecule has 0 spiro atoms. The number of rotatable bonds is 8. The van der Waals surface area contributed by atoms with Gasteiger partial charge in [-0.15, -0.1) is 0 Å². The molecule has 1 atom stereocenters. The van der Waals surface area contributed by atoms with Crippen molar-refractivity contribution in [3.63, 3.8) is 0 Å². The van der Waals surface area contributed by atoms with Gasteiger partial charge in [0.1, 0.15) is 5.03 Å². The molecule has 0 aliphatic carbocycles. The Kier molecular flexibility index (Phi) is 7.09. The van der Waals surface area contributed by atoms with Crippen LogP contribution >= 0.6 is 11.8 Å². The zero-order chi connectivity index (χ0) is 24.9. The number of para-hydroxylation sites is 2. The lowest BCUT2D eigenvalue weighted by Gasteiger charge is -2.16. The van der Waals surface area contributed by atoms with Crippen molar-refractivity contribution in [3.05, 3.63) is 96.7 Å². The summed E-state index contributed by atoms with van der Waals surface area (Å²) in [5.41, 5.74) is 4.29. The van der Waals surface area contributed by atoms with E-state index in [1.165, 1.54) is 11.8 Å². The van der Waals surface area contributed by atoms with Crippen LogP contribution in [0.1, 0.15) is 26.0 Å². The fraction of sp³-hybridized carbons (Fsp3) is 0.172. The van der Waals surface area contributed by atoms with Gasteiger partial charge in [-0.25, -0.2) is 14.6 Å². The predicted molar refractivity (Wildman–Crippen MR) is 146 cm³/mol. The zero-order valence-corrected chi connectivity index (χ0v) is 21.1. The zero-order valence-electron chi connectivity index (χ0n) is 20.3. The average molecular weight is 494 g/mol. The van der Waals surface area contributed by atoms with Gasteiger partial charge in [-0.1, -0.05) is 92.3 Å². The van der Waals surface area contributed by atoms with Gasteiger partial charge in [0.2, 0.25) is 5.91 Å². The van der Waals surface area contributed by atoms with E-state index in [9.17, 15) is 4.79 Å². The molecule has 0 saturated carbocycles. The summed E-state index contributed by atoms with van der Waals surface area (Å²) >= 11 is 1.48. The van der Waals surface area contributed by atoms with Crippen LogP contribution in [0.4, 0.5) is 5.69 Å². The summed E-state index contributed by atoms with van der Waals surface area (Å²) in [4.78, 5) is 23.2. The largest absolute Gasteiger partial charge is 0.325 e. The van der Waals surface area contributed by atoms with E-state index in [4.69, 9.17) is 15.1 Å². The third-order valence-electron chi connectivity index (χ3n) is 5.89. The van der Waals surface area contributed by atoms with Crippen LogP contribution in [0.5, 0.6) is 0 Å². The van der Waals surface area contributed by atoms with Crippen LogP contribution in [0.2, 0.25) is 0 Å². The molecular weight excluding hydrogens is 466 g/mol. The number of nitrogens with one attached hydrogen (secondary N) is 1. The monoisotopic (exact) mass is 493 g/mol. The Morgan fingerprint density at radius 1 is 0.889 bits per heavy atom. The maximum Gasteiger partial charge on any atom is 0.237 e. The normalized spacial score (nSPS) is 11.9. The van der Waals surface area contributed by atoms with E-state index in [0.717, 1.165) is 45.1 Å². The summed E-state index contributed by atoms with van der Waals surface area (Å²) in [6, 6.07) is 29.5. The van der Waals surface area contributed by atoms with Crippen molar-refractivity contribution in [1.82, 2.24) is 19.7 Å². The topological polar surface area (TPSA) is 72.7 Å². The number of thioether (sulfide) groups is 1. The molecule has 36 heavy (non-hydrogen) atoms. The number of nitrogens with zero attached hydrogens (tertiary/aromatic N) is 4. The number of aryl methyl sites for hydroxylation is 1. The SMILES string of the molecule is CCc1nn(-c2ccccc2)c2nc(-c3ccccc3)nc(S[C@H](CC)C(=O)Nc3ccccc3)c12. The predicted octanol–water partition coefficient (Wildman–Crippen LogP) is 6.55. The minimum Gasteiger partial charge on any atom is -0.325 e. The Morgan fingerprint density at radius 2 is 1.53 bits per heavy atom. The van der Waals surface area contributed by atoms with E-state index < -0.39 is 0 Å². The van der Waals surface area contributed by atoms with Crippen molar-refractivity contribution >= 4 is 34.4 Å². The minimum absolute atomic E-state index is 0.0461. The molecule has 0 unspecified atom stereocenters. The van der Waals surface area contributed by atoms with Crippen molar-refractivity contribution < 1.29 is 4.79 Å². The van der Waals surface area contributed by atoms with E-state index in [2.05, 4.69) is 12.2 Å². The fourth-order valence-corrected chi connectivity index (χ4v) is 5.12. The molecule has 5 aromatic rings. The highest BCUT2D eigenvalue weighted by Gasteiger charge is 2.25. The molecule has 7 heteroatoms. The third kappa shape index (κ3) is 4.88. The number of hydrogen-bond acceptors (Lipinski definition) is 5. The first-order valence-electron chi connectivity index (χ1n) is 12.1. The number of fused-ring (bicyclic) bond motifs is 1. The van der Waals surface area contributed by atoms with Crippen molar-refractivity contribution in [2.45, 2.75) is 37.0 Å². The lowest BCUT2D eigenvalue weighted by Crippen LogP contribution is -2.24. The van der Waals surface area contributed by atoms with E-state index in [0.29, 0.717) is 12.2 Å². The number of aromatic nitrogens is 4. The van der Waals surface area contributed by atoms with Crippen LogP contribution in [0, 0.1) is 0 Å². The van der Waals surface area contributed by atoms with Crippen molar-refractivity contribution in [2.75, 3.05) is 5.32 Å². The lowest BCUT2D eigenvalue weighted by molar-refractivity contribution is -0.115. The molecule has 2 aromatic heterocycles. The Hall–Kier alpha value is -3.97. The standard InChI is InChI=1S/C29H27N5OS/c1-3-23-25-27(34(33-23)22-18-12-7-13-19-22)31-26(20-14-8-5-9-15-20)32-29(25)36-24(4-2)28(35)30-21-16-10-6-11-17-21/h5-19,24H,3-4H2,1-2H3,(H,30,35)/t24-/m1/s1. The second-order valence-electron chi connectivity index (χ2n) is 8.33. The van der Waals surface area contributed by atoms with Gasteiger partial charge in [0.15, 0.2) is 11.5 Å². The average Bonchev–Trinajstić information content (AvgIpc) is 3.32. The molecule has 2 heterocycles. The molecule has 1 N–H and O–H groups in total. The first-order valence-corrected chi connectivity index (χ1v) is 13.0. The van der Waals surface area contributed by atoms with Crippen LogP contribution in [0.25, 0.3) is 28.1 Å². The maximum absolute atomic E-state index is 13.2. The maximum atomic E-state index is 13.2. The summed E-state index contributed by atoms with van der Waals surface area (Å²) in [7, 11) is 0. The molecule has 0 aliphatic heterocycles. The summed E-state index contributed by atoms with van der Waals surface area (Å²) in [6.07, 6.45) is 1.38. The van der Waals surface area contributed by atoms with Crippen LogP contribution in [-0.4, -0.2) is 30.9 Å². The summed E-state index contributed by atoms with van der Waals surface area (Å²) in [6.45, 7) is 4.10. The van der Waals surface area contributed by atoms with E-state index in [1.807, 2.05) is 103 Å². The second-order valence-corrected chi connectivity index (χ2v) is 9.53. The van der Waals surface area contributed by atoms with Gasteiger partial charge in [-0.2, -0.15) is 5.10 Å².